The topological polar surface area (TPSA) is 102 Å². The highest BCUT2D eigenvalue weighted by Crippen LogP contribution is 2.42. The lowest BCUT2D eigenvalue weighted by Crippen LogP contribution is -2.45. The molecule has 1 aliphatic carbocycles. The molecule has 1 fully saturated rings. The number of aromatic nitrogens is 1. The van der Waals surface area contributed by atoms with E-state index in [1.54, 1.807) is 23.6 Å². The van der Waals surface area contributed by atoms with Crippen molar-refractivity contribution in [2.75, 3.05) is 5.32 Å². The second-order valence-corrected chi connectivity index (χ2v) is 10.5. The molecular weight excluding hydrogens is 412 g/mol. The van der Waals surface area contributed by atoms with Gasteiger partial charge < -0.3 is 10.1 Å². The average molecular weight is 437 g/mol. The van der Waals surface area contributed by atoms with Crippen molar-refractivity contribution in [2.45, 2.75) is 62.7 Å². The number of nitrogens with zero attached hydrogens (tertiary/aromatic N) is 1. The maximum absolute atomic E-state index is 13.4. The number of hydrogen-bond acceptors (Lipinski definition) is 7. The molecule has 0 saturated heterocycles. The highest BCUT2D eigenvalue weighted by molar-refractivity contribution is 7.93. The third kappa shape index (κ3) is 4.20. The molecule has 0 atom stereocenters. The summed E-state index contributed by atoms with van der Waals surface area (Å²) in [6.07, 6.45) is 1.80. The smallest absolute Gasteiger partial charge is 0.328 e. The molecule has 1 saturated carbocycles. The summed E-state index contributed by atoms with van der Waals surface area (Å²) in [5, 5.41) is 4.63. The Labute approximate surface area is 174 Å². The number of ether oxygens (including phenoxy) is 1. The molecule has 1 N–H and O–H groups in total. The summed E-state index contributed by atoms with van der Waals surface area (Å²) < 4.78 is 30.7. The van der Waals surface area contributed by atoms with Crippen LogP contribution in [0.25, 0.3) is 0 Å². The van der Waals surface area contributed by atoms with E-state index in [1.165, 1.54) is 18.3 Å². The first kappa shape index (κ1) is 21.4. The van der Waals surface area contributed by atoms with Crippen LogP contribution in [-0.2, 0) is 30.8 Å². The molecular formula is C20H24N2O5S2. The van der Waals surface area contributed by atoms with Gasteiger partial charge >= 0.3 is 5.97 Å². The Morgan fingerprint density at radius 3 is 2.52 bits per heavy atom. The zero-order chi connectivity index (χ0) is 21.2. The molecule has 0 radical (unpaired) electrons. The molecule has 2 aromatic rings. The Balaban J connectivity index is 1.82. The van der Waals surface area contributed by atoms with Crippen LogP contribution in [0.2, 0.25) is 0 Å². The van der Waals surface area contributed by atoms with E-state index in [1.807, 2.05) is 13.8 Å². The highest BCUT2D eigenvalue weighted by Gasteiger charge is 2.54. The normalized spacial score (nSPS) is 15.8. The predicted octanol–water partition coefficient (Wildman–Crippen LogP) is 3.55. The highest BCUT2D eigenvalue weighted by atomic mass is 32.2. The van der Waals surface area contributed by atoms with Crippen LogP contribution in [0.5, 0.6) is 0 Å². The number of thiazole rings is 1. The van der Waals surface area contributed by atoms with Crippen molar-refractivity contribution in [3.8, 4) is 0 Å². The van der Waals surface area contributed by atoms with E-state index in [0.29, 0.717) is 23.7 Å². The molecule has 0 bridgehead atoms. The fourth-order valence-electron chi connectivity index (χ4n) is 3.49. The van der Waals surface area contributed by atoms with Crippen LogP contribution in [0.1, 0.15) is 49.4 Å². The van der Waals surface area contributed by atoms with Crippen LogP contribution in [0.3, 0.4) is 0 Å². The minimum absolute atomic E-state index is 0.140. The number of rotatable bonds is 6. The number of benzene rings is 1. The third-order valence-electron chi connectivity index (χ3n) is 5.27. The summed E-state index contributed by atoms with van der Waals surface area (Å²) in [5.41, 5.74) is 2.31. The number of carbonyl (C=O) groups excluding carboxylic acids is 2. The van der Waals surface area contributed by atoms with Crippen molar-refractivity contribution in [1.82, 2.24) is 4.98 Å². The summed E-state index contributed by atoms with van der Waals surface area (Å²) in [6, 6.07) is 4.94. The number of aryl methyl sites for hydroxylation is 2. The molecule has 29 heavy (non-hydrogen) atoms. The number of hydrogen-bond donors (Lipinski definition) is 1. The molecule has 0 unspecified atom stereocenters. The van der Waals surface area contributed by atoms with E-state index in [0.717, 1.165) is 11.1 Å². The van der Waals surface area contributed by atoms with Gasteiger partial charge in [-0.25, -0.2) is 13.4 Å². The van der Waals surface area contributed by atoms with E-state index < -0.39 is 20.6 Å². The van der Waals surface area contributed by atoms with Crippen molar-refractivity contribution < 1.29 is 22.7 Å². The van der Waals surface area contributed by atoms with Crippen molar-refractivity contribution in [3.05, 3.63) is 40.4 Å². The number of sulfone groups is 1. The van der Waals surface area contributed by atoms with Gasteiger partial charge in [-0.2, -0.15) is 0 Å². The average Bonchev–Trinajstić information content (AvgIpc) is 3.32. The summed E-state index contributed by atoms with van der Waals surface area (Å²) >= 11 is 1.21. The van der Waals surface area contributed by atoms with Gasteiger partial charge in [0.15, 0.2) is 19.7 Å². The summed E-state index contributed by atoms with van der Waals surface area (Å²) in [6.45, 7) is 5.00. The molecule has 1 aromatic carbocycles. The number of carbonyl (C=O) groups is 2. The fraction of sp³-hybridized carbons (Fsp3) is 0.450. The molecule has 0 spiro atoms. The Hall–Kier alpha value is -2.26. The van der Waals surface area contributed by atoms with Crippen LogP contribution in [0, 0.1) is 13.8 Å². The van der Waals surface area contributed by atoms with Crippen molar-refractivity contribution in [3.63, 3.8) is 0 Å². The predicted molar refractivity (Wildman–Crippen MR) is 111 cm³/mol. The fourth-order valence-corrected chi connectivity index (χ4v) is 6.36. The quantitative estimate of drug-likeness (QED) is 0.695. The number of esters is 1. The Morgan fingerprint density at radius 1 is 1.21 bits per heavy atom. The zero-order valence-electron chi connectivity index (χ0n) is 16.6. The van der Waals surface area contributed by atoms with Crippen LogP contribution >= 0.6 is 11.3 Å². The van der Waals surface area contributed by atoms with Gasteiger partial charge in [0, 0.05) is 12.3 Å². The summed E-state index contributed by atoms with van der Waals surface area (Å²) in [4.78, 5) is 28.4. The van der Waals surface area contributed by atoms with Gasteiger partial charge in [0.1, 0.15) is 6.61 Å². The minimum Gasteiger partial charge on any atom is -0.458 e. The second-order valence-electron chi connectivity index (χ2n) is 7.35. The Morgan fingerprint density at radius 2 is 1.90 bits per heavy atom. The first-order valence-corrected chi connectivity index (χ1v) is 11.7. The van der Waals surface area contributed by atoms with Crippen LogP contribution < -0.4 is 5.32 Å². The molecule has 7 nitrogen and oxygen atoms in total. The van der Waals surface area contributed by atoms with Crippen molar-refractivity contribution in [1.29, 1.82) is 0 Å². The monoisotopic (exact) mass is 436 g/mol. The Kier molecular flexibility index (Phi) is 6.09. The molecule has 3 rings (SSSR count). The first-order valence-electron chi connectivity index (χ1n) is 9.37. The Bertz CT molecular complexity index is 1040. The number of nitrogens with one attached hydrogen (secondary N) is 1. The maximum Gasteiger partial charge on any atom is 0.328 e. The van der Waals surface area contributed by atoms with Gasteiger partial charge in [-0.05, 0) is 49.9 Å². The molecule has 1 amide bonds. The minimum atomic E-state index is -3.90. The van der Waals surface area contributed by atoms with Crippen molar-refractivity contribution in [2.24, 2.45) is 0 Å². The largest absolute Gasteiger partial charge is 0.458 e. The lowest BCUT2D eigenvalue weighted by Gasteiger charge is -2.26. The van der Waals surface area contributed by atoms with E-state index in [9.17, 15) is 18.0 Å². The van der Waals surface area contributed by atoms with Gasteiger partial charge in [-0.15, -0.1) is 11.3 Å². The number of amides is 1. The summed E-state index contributed by atoms with van der Waals surface area (Å²) in [5.74, 6) is -0.977. The third-order valence-corrected chi connectivity index (χ3v) is 8.56. The van der Waals surface area contributed by atoms with E-state index in [4.69, 9.17) is 4.74 Å². The van der Waals surface area contributed by atoms with Crippen molar-refractivity contribution >= 4 is 38.2 Å². The van der Waals surface area contributed by atoms with Crippen LogP contribution in [0.4, 0.5) is 5.13 Å². The zero-order valence-corrected chi connectivity index (χ0v) is 18.3. The van der Waals surface area contributed by atoms with Gasteiger partial charge in [0.2, 0.25) is 5.91 Å². The standard InChI is InChI=1S/C20H24N2O5S2/c1-13-6-7-17(10-14(13)2)29(25,26)20(8-4-5-9-20)18(24)27-11-16-12-28-19(22-16)21-15(3)23/h6-7,10,12H,4-5,8-9,11H2,1-3H3,(H,21,22,23). The van der Waals surface area contributed by atoms with Gasteiger partial charge in [0.05, 0.1) is 10.6 Å². The maximum atomic E-state index is 13.4. The molecule has 156 valence electrons. The van der Waals surface area contributed by atoms with E-state index >= 15 is 0 Å². The van der Waals surface area contributed by atoms with E-state index in [2.05, 4.69) is 10.3 Å². The number of anilines is 1. The van der Waals surface area contributed by atoms with Crippen LogP contribution in [0.15, 0.2) is 28.5 Å². The van der Waals surface area contributed by atoms with Gasteiger partial charge in [-0.1, -0.05) is 18.9 Å². The molecule has 1 aliphatic rings. The molecule has 9 heteroatoms. The SMILES string of the molecule is CC(=O)Nc1nc(COC(=O)C2(S(=O)(=O)c3ccc(C)c(C)c3)CCCC2)cs1. The van der Waals surface area contributed by atoms with E-state index in [-0.39, 0.29) is 30.3 Å². The van der Waals surface area contributed by atoms with Gasteiger partial charge in [0.25, 0.3) is 0 Å². The second kappa shape index (κ2) is 8.23. The van der Waals surface area contributed by atoms with Gasteiger partial charge in [-0.3, -0.25) is 9.59 Å². The van der Waals surface area contributed by atoms with Crippen LogP contribution in [-0.4, -0.2) is 30.0 Å². The first-order chi connectivity index (χ1) is 13.7. The molecule has 1 heterocycles. The molecule has 1 aromatic heterocycles. The lowest BCUT2D eigenvalue weighted by molar-refractivity contribution is -0.148. The lowest BCUT2D eigenvalue weighted by atomic mass is 10.1. The molecule has 0 aliphatic heterocycles. The summed E-state index contributed by atoms with van der Waals surface area (Å²) in [7, 11) is -3.90.